The van der Waals surface area contributed by atoms with Crippen LogP contribution in [0.5, 0.6) is 0 Å². The molecule has 0 atom stereocenters. The standard InChI is InChI=1S/C25H21N3O4S2/c1-28(20-10-6-3-7-11-20)34(31,32)23-21(17-8-4-2-5-9-17)16-33-22(23)25(30)27-19-14-12-18(13-15-19)24(26)29/h2-16H,1H3,(H2,26,29)(H,27,30). The first kappa shape index (κ1) is 23.2. The van der Waals surface area contributed by atoms with Crippen molar-refractivity contribution in [2.24, 2.45) is 5.73 Å². The van der Waals surface area contributed by atoms with Crippen LogP contribution in [-0.2, 0) is 10.0 Å². The van der Waals surface area contributed by atoms with E-state index in [-0.39, 0.29) is 9.77 Å². The Hall–Kier alpha value is -3.95. The van der Waals surface area contributed by atoms with Crippen molar-refractivity contribution in [2.75, 3.05) is 16.7 Å². The molecule has 1 heterocycles. The highest BCUT2D eigenvalue weighted by Gasteiger charge is 2.32. The Kier molecular flexibility index (Phi) is 6.49. The van der Waals surface area contributed by atoms with Crippen LogP contribution in [0.3, 0.4) is 0 Å². The monoisotopic (exact) mass is 491 g/mol. The Morgan fingerprint density at radius 3 is 2.06 bits per heavy atom. The van der Waals surface area contributed by atoms with Crippen LogP contribution in [0.4, 0.5) is 11.4 Å². The molecule has 0 bridgehead atoms. The normalized spacial score (nSPS) is 11.1. The summed E-state index contributed by atoms with van der Waals surface area (Å²) in [5, 5.41) is 4.39. The van der Waals surface area contributed by atoms with Crippen molar-refractivity contribution in [3.63, 3.8) is 0 Å². The molecule has 0 unspecified atom stereocenters. The first-order chi connectivity index (χ1) is 16.3. The van der Waals surface area contributed by atoms with Gasteiger partial charge in [-0.1, -0.05) is 48.5 Å². The maximum atomic E-state index is 13.8. The summed E-state index contributed by atoms with van der Waals surface area (Å²) in [5.74, 6) is -1.15. The van der Waals surface area contributed by atoms with Crippen molar-refractivity contribution in [3.8, 4) is 11.1 Å². The summed E-state index contributed by atoms with van der Waals surface area (Å²) in [6.45, 7) is 0. The summed E-state index contributed by atoms with van der Waals surface area (Å²) >= 11 is 1.05. The van der Waals surface area contributed by atoms with Gasteiger partial charge in [0.15, 0.2) is 0 Å². The highest BCUT2D eigenvalue weighted by Crippen LogP contribution is 2.38. The smallest absolute Gasteiger partial charge is 0.267 e. The van der Waals surface area contributed by atoms with Crippen molar-refractivity contribution < 1.29 is 18.0 Å². The fourth-order valence-corrected chi connectivity index (χ4v) is 6.25. The van der Waals surface area contributed by atoms with Crippen LogP contribution in [-0.4, -0.2) is 27.3 Å². The van der Waals surface area contributed by atoms with Gasteiger partial charge in [-0.2, -0.15) is 0 Å². The first-order valence-corrected chi connectivity index (χ1v) is 12.5. The van der Waals surface area contributed by atoms with Crippen LogP contribution in [0.25, 0.3) is 11.1 Å². The number of hydrogen-bond donors (Lipinski definition) is 2. The van der Waals surface area contributed by atoms with E-state index in [4.69, 9.17) is 5.73 Å². The number of carbonyl (C=O) groups excluding carboxylic acids is 2. The summed E-state index contributed by atoms with van der Waals surface area (Å²) < 4.78 is 28.7. The van der Waals surface area contributed by atoms with Gasteiger partial charge in [-0.05, 0) is 42.0 Å². The number of benzene rings is 3. The molecule has 0 aliphatic rings. The number of primary amides is 1. The summed E-state index contributed by atoms with van der Waals surface area (Å²) in [4.78, 5) is 24.5. The second-order valence-electron chi connectivity index (χ2n) is 7.38. The first-order valence-electron chi connectivity index (χ1n) is 10.2. The quantitative estimate of drug-likeness (QED) is 0.394. The lowest BCUT2D eigenvalue weighted by atomic mass is 10.1. The van der Waals surface area contributed by atoms with E-state index in [1.165, 1.54) is 35.6 Å². The Balaban J connectivity index is 1.78. The average Bonchev–Trinajstić information content (AvgIpc) is 3.31. The second-order valence-corrected chi connectivity index (χ2v) is 10.2. The van der Waals surface area contributed by atoms with E-state index in [0.717, 1.165) is 11.3 Å². The van der Waals surface area contributed by atoms with Crippen LogP contribution in [0.15, 0.2) is 95.2 Å². The zero-order valence-electron chi connectivity index (χ0n) is 18.1. The number of nitrogens with zero attached hydrogens (tertiary/aromatic N) is 1. The predicted octanol–water partition coefficient (Wildman–Crippen LogP) is 4.59. The fraction of sp³-hybridized carbons (Fsp3) is 0.0400. The van der Waals surface area contributed by atoms with Gasteiger partial charge in [-0.25, -0.2) is 8.42 Å². The molecular weight excluding hydrogens is 470 g/mol. The van der Waals surface area contributed by atoms with E-state index >= 15 is 0 Å². The summed E-state index contributed by atoms with van der Waals surface area (Å²) in [6.07, 6.45) is 0. The SMILES string of the molecule is CN(c1ccccc1)S(=O)(=O)c1c(-c2ccccc2)csc1C(=O)Nc1ccc(C(N)=O)cc1. The lowest BCUT2D eigenvalue weighted by molar-refractivity contribution is 0.0998. The molecule has 0 radical (unpaired) electrons. The largest absolute Gasteiger partial charge is 0.366 e. The molecule has 34 heavy (non-hydrogen) atoms. The van der Waals surface area contributed by atoms with E-state index in [0.29, 0.717) is 28.1 Å². The molecule has 4 aromatic rings. The van der Waals surface area contributed by atoms with E-state index < -0.39 is 21.8 Å². The fourth-order valence-electron chi connectivity index (χ4n) is 3.40. The Morgan fingerprint density at radius 1 is 0.882 bits per heavy atom. The average molecular weight is 492 g/mol. The number of thiophene rings is 1. The number of para-hydroxylation sites is 1. The molecular formula is C25H21N3O4S2. The summed E-state index contributed by atoms with van der Waals surface area (Å²) in [7, 11) is -2.63. The lowest BCUT2D eigenvalue weighted by Crippen LogP contribution is -2.28. The maximum absolute atomic E-state index is 13.8. The molecule has 0 saturated carbocycles. The lowest BCUT2D eigenvalue weighted by Gasteiger charge is -2.21. The number of anilines is 2. The molecule has 0 aliphatic heterocycles. The molecule has 0 aliphatic carbocycles. The highest BCUT2D eigenvalue weighted by atomic mass is 32.2. The summed E-state index contributed by atoms with van der Waals surface area (Å²) in [6, 6.07) is 23.8. The molecule has 7 nitrogen and oxygen atoms in total. The van der Waals surface area contributed by atoms with Crippen LogP contribution in [0, 0.1) is 0 Å². The minimum absolute atomic E-state index is 0.0561. The maximum Gasteiger partial charge on any atom is 0.267 e. The Labute approximate surface area is 201 Å². The van der Waals surface area contributed by atoms with Gasteiger partial charge in [0.05, 0.1) is 5.69 Å². The molecule has 0 fully saturated rings. The number of nitrogens with one attached hydrogen (secondary N) is 1. The van der Waals surface area contributed by atoms with Crippen LogP contribution < -0.4 is 15.4 Å². The van der Waals surface area contributed by atoms with Crippen molar-refractivity contribution >= 4 is 44.5 Å². The van der Waals surface area contributed by atoms with Gasteiger partial charge in [-0.3, -0.25) is 13.9 Å². The van der Waals surface area contributed by atoms with E-state index in [1.54, 1.807) is 47.8 Å². The second kappa shape index (κ2) is 9.50. The molecule has 172 valence electrons. The molecule has 3 N–H and O–H groups in total. The van der Waals surface area contributed by atoms with Gasteiger partial charge in [-0.15, -0.1) is 11.3 Å². The number of rotatable bonds is 7. The Morgan fingerprint density at radius 2 is 1.47 bits per heavy atom. The molecule has 9 heteroatoms. The van der Waals surface area contributed by atoms with Gasteiger partial charge >= 0.3 is 0 Å². The van der Waals surface area contributed by atoms with Gasteiger partial charge in [0.25, 0.3) is 15.9 Å². The van der Waals surface area contributed by atoms with Crippen LogP contribution >= 0.6 is 11.3 Å². The molecule has 2 amide bonds. The van der Waals surface area contributed by atoms with Crippen molar-refractivity contribution in [3.05, 3.63) is 101 Å². The van der Waals surface area contributed by atoms with Gasteiger partial charge in [0, 0.05) is 29.2 Å². The molecule has 3 aromatic carbocycles. The molecule has 0 spiro atoms. The topological polar surface area (TPSA) is 110 Å². The molecule has 4 rings (SSSR count). The summed E-state index contributed by atoms with van der Waals surface area (Å²) in [5.41, 5.74) is 7.57. The van der Waals surface area contributed by atoms with Gasteiger partial charge < -0.3 is 11.1 Å². The predicted molar refractivity (Wildman–Crippen MR) is 135 cm³/mol. The highest BCUT2D eigenvalue weighted by molar-refractivity contribution is 7.93. The third-order valence-electron chi connectivity index (χ3n) is 5.20. The van der Waals surface area contributed by atoms with Crippen LogP contribution in [0.1, 0.15) is 20.0 Å². The van der Waals surface area contributed by atoms with E-state index in [1.807, 2.05) is 18.2 Å². The van der Waals surface area contributed by atoms with Crippen molar-refractivity contribution in [1.82, 2.24) is 0 Å². The zero-order valence-corrected chi connectivity index (χ0v) is 19.8. The third kappa shape index (κ3) is 4.57. The number of hydrogen-bond acceptors (Lipinski definition) is 5. The van der Waals surface area contributed by atoms with E-state index in [2.05, 4.69) is 5.32 Å². The zero-order chi connectivity index (χ0) is 24.3. The van der Waals surface area contributed by atoms with Gasteiger partial charge in [0.1, 0.15) is 9.77 Å². The number of sulfonamides is 1. The van der Waals surface area contributed by atoms with Crippen LogP contribution in [0.2, 0.25) is 0 Å². The number of carbonyl (C=O) groups is 2. The minimum Gasteiger partial charge on any atom is -0.366 e. The van der Waals surface area contributed by atoms with Crippen molar-refractivity contribution in [1.29, 1.82) is 0 Å². The molecule has 0 saturated heterocycles. The molecule has 1 aromatic heterocycles. The van der Waals surface area contributed by atoms with Gasteiger partial charge in [0.2, 0.25) is 5.91 Å². The third-order valence-corrected chi connectivity index (χ3v) is 8.18. The Bertz CT molecular complexity index is 1430. The number of nitrogens with two attached hydrogens (primary N) is 1. The van der Waals surface area contributed by atoms with Crippen molar-refractivity contribution in [2.45, 2.75) is 4.90 Å². The van der Waals surface area contributed by atoms with E-state index in [9.17, 15) is 18.0 Å². The number of amides is 2. The minimum atomic E-state index is -4.09.